The number of nitrogens with zero attached hydrogens (tertiary/aromatic N) is 2. The molecule has 0 unspecified atom stereocenters. The second-order valence-corrected chi connectivity index (χ2v) is 10.4. The maximum atomic E-state index is 13.2. The maximum absolute atomic E-state index is 13.2. The molecule has 0 bridgehead atoms. The highest BCUT2D eigenvalue weighted by molar-refractivity contribution is 8.15. The molecule has 0 aromatic heterocycles. The van der Waals surface area contributed by atoms with Crippen LogP contribution < -0.4 is 10.5 Å². The van der Waals surface area contributed by atoms with E-state index in [0.29, 0.717) is 22.1 Å². The number of rotatable bonds is 7. The van der Waals surface area contributed by atoms with Gasteiger partial charge in [-0.1, -0.05) is 42.1 Å². The van der Waals surface area contributed by atoms with Crippen molar-refractivity contribution in [3.05, 3.63) is 90.2 Å². The number of aliphatic imine (C=N–C) groups is 1. The van der Waals surface area contributed by atoms with Crippen molar-refractivity contribution in [3.63, 3.8) is 0 Å². The zero-order valence-electron chi connectivity index (χ0n) is 18.3. The van der Waals surface area contributed by atoms with Crippen molar-refractivity contribution in [2.75, 3.05) is 5.32 Å². The van der Waals surface area contributed by atoms with Crippen molar-refractivity contribution < 1.29 is 22.4 Å². The molecule has 1 atom stereocenters. The molecule has 8 nitrogen and oxygen atoms in total. The Morgan fingerprint density at radius 1 is 1.03 bits per heavy atom. The lowest BCUT2D eigenvalue weighted by Crippen LogP contribution is -2.33. The molecule has 0 saturated carbocycles. The van der Waals surface area contributed by atoms with E-state index in [1.54, 1.807) is 24.3 Å². The third kappa shape index (κ3) is 6.32. The Morgan fingerprint density at radius 2 is 1.69 bits per heavy atom. The summed E-state index contributed by atoms with van der Waals surface area (Å²) in [5.41, 5.74) is 1.74. The summed E-state index contributed by atoms with van der Waals surface area (Å²) in [6, 6.07) is 20.3. The third-order valence-electron chi connectivity index (χ3n) is 5.09. The summed E-state index contributed by atoms with van der Waals surface area (Å²) in [5.74, 6) is -1.10. The second-order valence-electron chi connectivity index (χ2n) is 7.71. The minimum atomic E-state index is -3.83. The van der Waals surface area contributed by atoms with Gasteiger partial charge in [0.15, 0.2) is 5.17 Å². The van der Waals surface area contributed by atoms with Crippen LogP contribution in [0.2, 0.25) is 0 Å². The number of sulfonamides is 1. The van der Waals surface area contributed by atoms with Crippen LogP contribution in [-0.2, 0) is 26.2 Å². The number of para-hydroxylation sites is 1. The van der Waals surface area contributed by atoms with Gasteiger partial charge in [-0.25, -0.2) is 22.9 Å². The van der Waals surface area contributed by atoms with Crippen molar-refractivity contribution >= 4 is 50.1 Å². The van der Waals surface area contributed by atoms with Crippen LogP contribution in [0.3, 0.4) is 0 Å². The fourth-order valence-electron chi connectivity index (χ4n) is 3.36. The predicted octanol–water partition coefficient (Wildman–Crippen LogP) is 3.63. The van der Waals surface area contributed by atoms with Gasteiger partial charge in [-0.15, -0.1) is 0 Å². The topological polar surface area (TPSA) is 122 Å². The molecule has 0 aliphatic carbocycles. The molecule has 1 heterocycles. The van der Waals surface area contributed by atoms with Crippen LogP contribution in [0.5, 0.6) is 0 Å². The van der Waals surface area contributed by atoms with E-state index in [1.165, 1.54) is 53.1 Å². The van der Waals surface area contributed by atoms with Gasteiger partial charge in [0.25, 0.3) is 0 Å². The molecule has 11 heteroatoms. The Balaban J connectivity index is 1.54. The summed E-state index contributed by atoms with van der Waals surface area (Å²) in [4.78, 5) is 31.8. The minimum absolute atomic E-state index is 0.0307. The second kappa shape index (κ2) is 10.4. The number of primary sulfonamides is 1. The van der Waals surface area contributed by atoms with Crippen LogP contribution in [0.4, 0.5) is 15.8 Å². The lowest BCUT2D eigenvalue weighted by Gasteiger charge is -2.17. The number of benzene rings is 3. The Hall–Kier alpha value is -3.54. The fraction of sp³-hybridized carbons (Fsp3) is 0.125. The SMILES string of the molecule is NS(=O)(=O)c1ccc(CN2C(=O)[C@H](CC(=O)Nc3ccc(F)cc3)SC2=Nc2ccccc2)cc1. The van der Waals surface area contributed by atoms with E-state index in [9.17, 15) is 22.4 Å². The Morgan fingerprint density at radius 3 is 2.31 bits per heavy atom. The van der Waals surface area contributed by atoms with Gasteiger partial charge >= 0.3 is 0 Å². The van der Waals surface area contributed by atoms with Gasteiger partial charge in [0, 0.05) is 12.1 Å². The monoisotopic (exact) mass is 512 g/mol. The number of halogens is 1. The van der Waals surface area contributed by atoms with Crippen LogP contribution in [-0.4, -0.2) is 35.5 Å². The molecule has 2 amide bonds. The molecule has 3 aromatic rings. The van der Waals surface area contributed by atoms with Gasteiger partial charge in [-0.2, -0.15) is 0 Å². The van der Waals surface area contributed by atoms with Crippen molar-refractivity contribution in [2.24, 2.45) is 10.1 Å². The first kappa shape index (κ1) is 24.6. The van der Waals surface area contributed by atoms with Gasteiger partial charge in [-0.05, 0) is 54.1 Å². The van der Waals surface area contributed by atoms with Crippen molar-refractivity contribution in [2.45, 2.75) is 23.1 Å². The van der Waals surface area contributed by atoms with E-state index in [0.717, 1.165) is 0 Å². The first-order valence-electron chi connectivity index (χ1n) is 10.5. The Bertz CT molecular complexity index is 1360. The minimum Gasteiger partial charge on any atom is -0.326 e. The van der Waals surface area contributed by atoms with Crippen molar-refractivity contribution in [1.29, 1.82) is 0 Å². The number of carbonyl (C=O) groups excluding carboxylic acids is 2. The summed E-state index contributed by atoms with van der Waals surface area (Å²) in [6.07, 6.45) is -0.102. The Kier molecular flexibility index (Phi) is 7.29. The zero-order valence-corrected chi connectivity index (χ0v) is 19.9. The van der Waals surface area contributed by atoms with Gasteiger partial charge in [0.05, 0.1) is 17.1 Å². The van der Waals surface area contributed by atoms with Crippen LogP contribution in [0.25, 0.3) is 0 Å². The largest absolute Gasteiger partial charge is 0.326 e. The zero-order chi connectivity index (χ0) is 25.0. The van der Waals surface area contributed by atoms with Gasteiger partial charge in [-0.3, -0.25) is 14.5 Å². The molecule has 35 heavy (non-hydrogen) atoms. The number of nitrogens with one attached hydrogen (secondary N) is 1. The lowest BCUT2D eigenvalue weighted by molar-refractivity contribution is -0.128. The predicted molar refractivity (Wildman–Crippen MR) is 133 cm³/mol. The molecular weight excluding hydrogens is 491 g/mol. The molecular formula is C24H21FN4O4S2. The number of hydrogen-bond donors (Lipinski definition) is 2. The molecule has 0 radical (unpaired) electrons. The van der Waals surface area contributed by atoms with E-state index >= 15 is 0 Å². The highest BCUT2D eigenvalue weighted by Crippen LogP contribution is 2.33. The maximum Gasteiger partial charge on any atom is 0.242 e. The average Bonchev–Trinajstić information content (AvgIpc) is 3.09. The molecule has 3 aromatic carbocycles. The molecule has 4 rings (SSSR count). The van der Waals surface area contributed by atoms with Gasteiger partial charge < -0.3 is 5.32 Å². The van der Waals surface area contributed by atoms with Crippen LogP contribution in [0.1, 0.15) is 12.0 Å². The fourth-order valence-corrected chi connectivity index (χ4v) is 5.04. The van der Waals surface area contributed by atoms with Crippen LogP contribution >= 0.6 is 11.8 Å². The van der Waals surface area contributed by atoms with Gasteiger partial charge in [0.1, 0.15) is 11.1 Å². The van der Waals surface area contributed by atoms with Crippen LogP contribution in [0.15, 0.2) is 88.8 Å². The van der Waals surface area contributed by atoms with E-state index in [4.69, 9.17) is 5.14 Å². The first-order chi connectivity index (χ1) is 16.7. The number of carbonyl (C=O) groups is 2. The lowest BCUT2D eigenvalue weighted by atomic mass is 10.2. The molecule has 1 aliphatic heterocycles. The summed E-state index contributed by atoms with van der Waals surface area (Å²) >= 11 is 1.18. The van der Waals surface area contributed by atoms with Crippen molar-refractivity contribution in [3.8, 4) is 0 Å². The smallest absolute Gasteiger partial charge is 0.242 e. The van der Waals surface area contributed by atoms with Gasteiger partial charge in [0.2, 0.25) is 21.8 Å². The normalized spacial score (nSPS) is 17.1. The quantitative estimate of drug-likeness (QED) is 0.501. The summed E-state index contributed by atoms with van der Waals surface area (Å²) in [5, 5.41) is 7.54. The standard InChI is InChI=1S/C24H21FN4O4S2/c25-17-8-10-19(11-9-17)27-22(30)14-21-23(31)29(24(34-21)28-18-4-2-1-3-5-18)15-16-6-12-20(13-7-16)35(26,32)33/h1-13,21H,14-15H2,(H,27,30)(H2,26,32,33)/t21-/m0/s1. The number of anilines is 1. The Labute approximate surface area is 206 Å². The molecule has 180 valence electrons. The first-order valence-corrected chi connectivity index (χ1v) is 12.9. The number of hydrogen-bond acceptors (Lipinski definition) is 6. The highest BCUT2D eigenvalue weighted by atomic mass is 32.2. The third-order valence-corrected chi connectivity index (χ3v) is 7.20. The number of nitrogens with two attached hydrogens (primary N) is 1. The molecule has 0 spiro atoms. The summed E-state index contributed by atoms with van der Waals surface area (Å²) in [7, 11) is -3.83. The number of amidine groups is 1. The highest BCUT2D eigenvalue weighted by Gasteiger charge is 2.39. The number of thioether (sulfide) groups is 1. The number of amides is 2. The molecule has 1 aliphatic rings. The van der Waals surface area contributed by atoms with Crippen molar-refractivity contribution in [1.82, 2.24) is 4.90 Å². The molecule has 3 N–H and O–H groups in total. The summed E-state index contributed by atoms with van der Waals surface area (Å²) in [6.45, 7) is 0.137. The van der Waals surface area contributed by atoms with Crippen LogP contribution in [0, 0.1) is 5.82 Å². The average molecular weight is 513 g/mol. The van der Waals surface area contributed by atoms with E-state index in [1.807, 2.05) is 18.2 Å². The molecule has 1 fully saturated rings. The van der Waals surface area contributed by atoms with E-state index < -0.39 is 21.1 Å². The van der Waals surface area contributed by atoms with E-state index in [2.05, 4.69) is 10.3 Å². The van der Waals surface area contributed by atoms with E-state index in [-0.39, 0.29) is 29.7 Å². The summed E-state index contributed by atoms with van der Waals surface area (Å²) < 4.78 is 36.2. The molecule has 1 saturated heterocycles.